The fourth-order valence-corrected chi connectivity index (χ4v) is 9.87. The van der Waals surface area contributed by atoms with Crippen LogP contribution in [0.2, 0.25) is 10.2 Å². The summed E-state index contributed by atoms with van der Waals surface area (Å²) in [6.07, 6.45) is -2.70. The molecule has 3 fully saturated rings. The molecule has 2 aliphatic heterocycles. The molecule has 0 bridgehead atoms. The van der Waals surface area contributed by atoms with Crippen molar-refractivity contribution in [2.45, 2.75) is 120 Å². The van der Waals surface area contributed by atoms with Gasteiger partial charge in [-0.1, -0.05) is 49.2 Å². The number of hydrogen-bond acceptors (Lipinski definition) is 11. The Morgan fingerprint density at radius 1 is 1.11 bits per heavy atom. The average molecular weight is 938 g/mol. The first-order valence-corrected chi connectivity index (χ1v) is 22.5. The SMILES string of the molecule is CCOc1ccc2nc(Cl)c(OC3C[C@H]4C(=O)N[C@]5(C(=O)NS(=O)(=O)C6(CF)CC6)C[C@H]5/C=C\CC[C@@H](C)C[C@@H](C)[C@H](NNC(=O)OC(C)(C)C(F)(F)F)C(=O)N4C3)c(Cl)c2c1. The quantitative estimate of drug-likeness (QED) is 0.0886. The Labute approximate surface area is 366 Å². The minimum atomic E-state index is -4.92. The summed E-state index contributed by atoms with van der Waals surface area (Å²) in [6.45, 7) is 5.61. The van der Waals surface area contributed by atoms with E-state index in [0.717, 1.165) is 4.90 Å². The Kier molecular flexibility index (Phi) is 13.6. The first-order chi connectivity index (χ1) is 29.0. The molecule has 15 nitrogen and oxygen atoms in total. The number of halogens is 6. The third-order valence-electron chi connectivity index (χ3n) is 12.0. The zero-order valence-electron chi connectivity index (χ0n) is 34.7. The molecule has 1 saturated heterocycles. The number of allylic oxidation sites excluding steroid dienone is 1. The van der Waals surface area contributed by atoms with Crippen molar-refractivity contribution < 1.29 is 59.4 Å². The second-order valence-electron chi connectivity index (χ2n) is 17.1. The van der Waals surface area contributed by atoms with Gasteiger partial charge in [0.2, 0.25) is 27.4 Å². The van der Waals surface area contributed by atoms with Crippen molar-refractivity contribution in [1.29, 1.82) is 0 Å². The lowest BCUT2D eigenvalue weighted by Gasteiger charge is -2.33. The van der Waals surface area contributed by atoms with Gasteiger partial charge in [-0.2, -0.15) is 13.2 Å². The number of amides is 4. The van der Waals surface area contributed by atoms with E-state index in [9.17, 15) is 45.2 Å². The summed E-state index contributed by atoms with van der Waals surface area (Å²) in [5.41, 5.74) is 0.368. The molecule has 6 rings (SSSR count). The summed E-state index contributed by atoms with van der Waals surface area (Å²) >= 11 is 13.4. The van der Waals surface area contributed by atoms with Gasteiger partial charge in [-0.25, -0.2) is 28.0 Å². The average Bonchev–Trinajstić information content (AvgIpc) is 4.09. The second kappa shape index (κ2) is 17.8. The number of carbonyl (C=O) groups is 4. The number of carbonyl (C=O) groups excluding carboxylic acids is 4. The summed E-state index contributed by atoms with van der Waals surface area (Å²) in [5, 5.41) is 3.06. The fourth-order valence-electron chi connectivity index (χ4n) is 7.88. The van der Waals surface area contributed by atoms with Crippen LogP contribution in [0.3, 0.4) is 0 Å². The van der Waals surface area contributed by atoms with Gasteiger partial charge in [0.25, 0.3) is 5.91 Å². The minimum Gasteiger partial charge on any atom is -0.494 e. The molecule has 1 unspecified atom stereocenters. The van der Waals surface area contributed by atoms with Crippen molar-refractivity contribution >= 4 is 67.9 Å². The maximum atomic E-state index is 14.8. The Morgan fingerprint density at radius 3 is 2.47 bits per heavy atom. The number of rotatable bonds is 11. The Bertz CT molecular complexity index is 2230. The molecule has 4 N–H and O–H groups in total. The number of nitrogens with one attached hydrogen (secondary N) is 4. The summed E-state index contributed by atoms with van der Waals surface area (Å²) in [4.78, 5) is 61.6. The van der Waals surface area contributed by atoms with Crippen molar-refractivity contribution in [2.24, 2.45) is 17.8 Å². The fraction of sp³-hybridized carbons (Fsp3) is 0.625. The smallest absolute Gasteiger partial charge is 0.427 e. The molecule has 62 heavy (non-hydrogen) atoms. The van der Waals surface area contributed by atoms with Crippen LogP contribution in [-0.4, -0.2) is 102 Å². The third-order valence-corrected chi connectivity index (χ3v) is 14.8. The van der Waals surface area contributed by atoms with Gasteiger partial charge in [-0.05, 0) is 89.3 Å². The Morgan fingerprint density at radius 2 is 1.82 bits per heavy atom. The van der Waals surface area contributed by atoms with Crippen LogP contribution in [-0.2, 0) is 29.1 Å². The second-order valence-corrected chi connectivity index (χ2v) is 19.9. The number of fused-ring (bicyclic) bond motifs is 3. The van der Waals surface area contributed by atoms with E-state index in [1.165, 1.54) is 0 Å². The molecule has 0 spiro atoms. The molecule has 4 amide bonds. The van der Waals surface area contributed by atoms with Crippen LogP contribution >= 0.6 is 23.2 Å². The van der Waals surface area contributed by atoms with Crippen LogP contribution in [0.15, 0.2) is 30.4 Å². The molecule has 3 heterocycles. The normalized spacial score (nSPS) is 28.3. The number of benzene rings is 1. The lowest BCUT2D eigenvalue weighted by Crippen LogP contribution is -2.61. The number of alkyl halides is 4. The molecular weight excluding hydrogens is 887 g/mol. The van der Waals surface area contributed by atoms with Crippen LogP contribution in [0.4, 0.5) is 22.4 Å². The van der Waals surface area contributed by atoms with Crippen LogP contribution < -0.4 is 30.4 Å². The van der Waals surface area contributed by atoms with Crippen molar-refractivity contribution in [1.82, 2.24) is 30.8 Å². The van der Waals surface area contributed by atoms with E-state index in [-0.39, 0.29) is 54.1 Å². The molecule has 2 aromatic rings. The zero-order valence-corrected chi connectivity index (χ0v) is 37.0. The Hall–Kier alpha value is -4.14. The largest absolute Gasteiger partial charge is 0.494 e. The zero-order chi connectivity index (χ0) is 45.6. The minimum absolute atomic E-state index is 0.00536. The summed E-state index contributed by atoms with van der Waals surface area (Å²) in [5.74, 6) is -3.62. The first-order valence-electron chi connectivity index (χ1n) is 20.3. The molecule has 1 aromatic carbocycles. The van der Waals surface area contributed by atoms with Crippen LogP contribution in [0.25, 0.3) is 10.9 Å². The van der Waals surface area contributed by atoms with E-state index < -0.39 is 92.6 Å². The molecule has 0 radical (unpaired) electrons. The number of pyridine rings is 1. The molecule has 7 atom stereocenters. The third kappa shape index (κ3) is 9.67. The van der Waals surface area contributed by atoms with Crippen molar-refractivity contribution in [3.63, 3.8) is 0 Å². The lowest BCUT2D eigenvalue weighted by atomic mass is 9.88. The molecule has 342 valence electrons. The van der Waals surface area contributed by atoms with Crippen molar-refractivity contribution in [3.05, 3.63) is 40.5 Å². The maximum absolute atomic E-state index is 14.8. The highest BCUT2D eigenvalue weighted by atomic mass is 35.5. The maximum Gasteiger partial charge on any atom is 0.427 e. The molecule has 1 aromatic heterocycles. The van der Waals surface area contributed by atoms with Gasteiger partial charge in [0.1, 0.15) is 40.9 Å². The Balaban J connectivity index is 1.35. The standard InChI is InChI=1S/C40H50Cl2F4N6O9S/c1-6-59-24-11-12-27-26(16-24)29(41)31(32(42)47-27)60-25-17-28-33(53)48-39(35(55)51-62(57,58)38(20-43)13-14-38)18-23(39)10-8-7-9-21(2)15-22(3)30(34(54)52(28)19-25)49-50-36(56)61-37(4,5)40(44,45)46/h8,10-12,16,21-23,25,28,30,49H,6-7,9,13-15,17-20H2,1-5H3,(H,48,53)(H,50,56)(H,51,55)/b10-8-/t21-,22-,23-,25?,28+,30+,39-/m1/s1. The van der Waals surface area contributed by atoms with Crippen molar-refractivity contribution in [2.75, 3.05) is 19.8 Å². The number of aromatic nitrogens is 1. The summed E-state index contributed by atoms with van der Waals surface area (Å²) < 4.78 is 97.9. The number of sulfonamides is 1. The predicted octanol–water partition coefficient (Wildman–Crippen LogP) is 6.06. The van der Waals surface area contributed by atoms with Crippen LogP contribution in [0.5, 0.6) is 11.5 Å². The number of hydrogen-bond donors (Lipinski definition) is 4. The van der Waals surface area contributed by atoms with Gasteiger partial charge in [0.05, 0.1) is 23.7 Å². The van der Waals surface area contributed by atoms with E-state index in [2.05, 4.69) is 25.9 Å². The molecular formula is C40H50Cl2F4N6O9S. The number of nitrogens with zero attached hydrogens (tertiary/aromatic N) is 2. The highest BCUT2D eigenvalue weighted by Crippen LogP contribution is 2.48. The van der Waals surface area contributed by atoms with Gasteiger partial charge in [-0.3, -0.25) is 24.5 Å². The van der Waals surface area contributed by atoms with Crippen molar-refractivity contribution in [3.8, 4) is 11.5 Å². The van der Waals surface area contributed by atoms with E-state index >= 15 is 0 Å². The highest BCUT2D eigenvalue weighted by molar-refractivity contribution is 7.91. The highest BCUT2D eigenvalue weighted by Gasteiger charge is 2.64. The van der Waals surface area contributed by atoms with Gasteiger partial charge in [0, 0.05) is 17.7 Å². The van der Waals surface area contributed by atoms with E-state index in [1.54, 1.807) is 44.2 Å². The number of hydrazine groups is 1. The summed E-state index contributed by atoms with van der Waals surface area (Å²) in [7, 11) is -4.48. The topological polar surface area (TPSA) is 194 Å². The monoisotopic (exact) mass is 936 g/mol. The van der Waals surface area contributed by atoms with E-state index in [0.29, 0.717) is 56.4 Å². The van der Waals surface area contributed by atoms with Crippen LogP contribution in [0, 0.1) is 17.8 Å². The van der Waals surface area contributed by atoms with Gasteiger partial charge >= 0.3 is 12.3 Å². The summed E-state index contributed by atoms with van der Waals surface area (Å²) in [6, 6.07) is 2.21. The first kappa shape index (κ1) is 47.3. The molecule has 4 aliphatic rings. The van der Waals surface area contributed by atoms with Crippen LogP contribution in [0.1, 0.15) is 79.6 Å². The molecule has 22 heteroatoms. The van der Waals surface area contributed by atoms with Gasteiger partial charge in [0.15, 0.2) is 10.9 Å². The molecule has 2 saturated carbocycles. The number of ether oxygens (including phenoxy) is 3. The molecule has 2 aliphatic carbocycles. The van der Waals surface area contributed by atoms with E-state index in [4.69, 9.17) is 32.7 Å². The van der Waals surface area contributed by atoms with Gasteiger partial charge < -0.3 is 24.4 Å². The lowest BCUT2D eigenvalue weighted by molar-refractivity contribution is -0.244. The van der Waals surface area contributed by atoms with Gasteiger partial charge in [-0.15, -0.1) is 0 Å². The predicted molar refractivity (Wildman–Crippen MR) is 219 cm³/mol. The van der Waals surface area contributed by atoms with E-state index in [1.807, 2.05) is 11.6 Å².